The van der Waals surface area contributed by atoms with Crippen LogP contribution in [0.3, 0.4) is 0 Å². The van der Waals surface area contributed by atoms with Crippen LogP contribution < -0.4 is 15.8 Å². The minimum absolute atomic E-state index is 0.0210. The molecule has 1 unspecified atom stereocenters. The summed E-state index contributed by atoms with van der Waals surface area (Å²) in [6, 6.07) is 8.75. The zero-order chi connectivity index (χ0) is 24.8. The summed E-state index contributed by atoms with van der Waals surface area (Å²) in [6.45, 7) is 0.741. The van der Waals surface area contributed by atoms with Crippen molar-refractivity contribution in [3.63, 3.8) is 0 Å². The van der Waals surface area contributed by atoms with Crippen molar-refractivity contribution in [2.45, 2.75) is 5.50 Å². The number of fused-ring (bicyclic) bond motifs is 1. The Bertz CT molecular complexity index is 1520. The molecule has 0 amide bonds. The van der Waals surface area contributed by atoms with E-state index < -0.39 is 29.8 Å². The second-order valence-corrected chi connectivity index (χ2v) is 11.6. The second-order valence-electron chi connectivity index (χ2n) is 8.40. The van der Waals surface area contributed by atoms with Crippen molar-refractivity contribution >= 4 is 37.0 Å². The number of hydrogen-bond donors (Lipinski definition) is 2. The van der Waals surface area contributed by atoms with Crippen LogP contribution in [-0.2, 0) is 10.1 Å². The lowest BCUT2D eigenvalue weighted by molar-refractivity contribution is 0.167. The van der Waals surface area contributed by atoms with Gasteiger partial charge < -0.3 is 14.6 Å². The van der Waals surface area contributed by atoms with Crippen LogP contribution in [0.4, 0.5) is 14.7 Å². The van der Waals surface area contributed by atoms with E-state index in [0.29, 0.717) is 19.0 Å². The van der Waals surface area contributed by atoms with Crippen molar-refractivity contribution < 1.29 is 18.5 Å². The van der Waals surface area contributed by atoms with E-state index in [4.69, 9.17) is 7.85 Å². The first kappa shape index (κ1) is 23.3. The van der Waals surface area contributed by atoms with Gasteiger partial charge in [-0.25, -0.2) is 23.8 Å². The number of benzene rings is 2. The van der Waals surface area contributed by atoms with Gasteiger partial charge in [0, 0.05) is 48.5 Å². The van der Waals surface area contributed by atoms with Crippen molar-refractivity contribution in [2.75, 3.05) is 30.3 Å². The third kappa shape index (κ3) is 4.15. The quantitative estimate of drug-likeness (QED) is 0.330. The Morgan fingerprint density at radius 1 is 1.06 bits per heavy atom. The monoisotopic (exact) mass is 493 g/mol. The van der Waals surface area contributed by atoms with E-state index in [1.807, 2.05) is 4.90 Å². The molecule has 5 rings (SSSR count). The second kappa shape index (κ2) is 8.66. The average molecular weight is 493 g/mol. The molecule has 12 heteroatoms. The van der Waals surface area contributed by atoms with Crippen molar-refractivity contribution in [3.8, 4) is 0 Å². The molecule has 8 nitrogen and oxygen atoms in total. The lowest BCUT2D eigenvalue weighted by Crippen LogP contribution is -2.39. The SMILES string of the molecule is [B]C(O)(c1ccc(F)c(P2(=O)CCN(c3ncccn3)CC2)c1)c1n[nH]c(=O)c2cc(F)ccc12. The van der Waals surface area contributed by atoms with Crippen LogP contribution in [0.1, 0.15) is 11.3 Å². The Kier molecular flexibility index (Phi) is 5.77. The number of aromatic nitrogens is 4. The molecule has 35 heavy (non-hydrogen) atoms. The number of aliphatic hydroxyl groups is 1. The Morgan fingerprint density at radius 3 is 2.49 bits per heavy atom. The molecule has 2 aromatic carbocycles. The Labute approximate surface area is 199 Å². The Morgan fingerprint density at radius 2 is 1.77 bits per heavy atom. The molecule has 1 saturated heterocycles. The Balaban J connectivity index is 1.51. The lowest BCUT2D eigenvalue weighted by Gasteiger charge is -2.33. The topological polar surface area (TPSA) is 112 Å². The molecule has 0 bridgehead atoms. The normalized spacial score (nSPS) is 17.3. The average Bonchev–Trinajstić information content (AvgIpc) is 2.85. The number of H-pyrrole nitrogens is 1. The molecule has 176 valence electrons. The van der Waals surface area contributed by atoms with E-state index in [-0.39, 0.29) is 39.7 Å². The van der Waals surface area contributed by atoms with E-state index in [1.54, 1.807) is 18.5 Å². The molecule has 0 aliphatic carbocycles. The smallest absolute Gasteiger partial charge is 0.272 e. The van der Waals surface area contributed by atoms with Crippen LogP contribution in [0.25, 0.3) is 10.8 Å². The van der Waals surface area contributed by atoms with E-state index in [2.05, 4.69) is 20.2 Å². The predicted molar refractivity (Wildman–Crippen MR) is 129 cm³/mol. The molecule has 1 atom stereocenters. The van der Waals surface area contributed by atoms with Crippen molar-refractivity contribution in [2.24, 2.45) is 0 Å². The molecule has 0 spiro atoms. The molecule has 3 heterocycles. The van der Waals surface area contributed by atoms with Gasteiger partial charge in [0.1, 0.15) is 26.6 Å². The number of nitrogens with zero attached hydrogens (tertiary/aromatic N) is 4. The Hall–Kier alpha value is -3.43. The molecule has 2 N–H and O–H groups in total. The maximum Gasteiger partial charge on any atom is 0.272 e. The number of halogens is 2. The zero-order valence-corrected chi connectivity index (χ0v) is 19.3. The van der Waals surface area contributed by atoms with Crippen molar-refractivity contribution in [1.82, 2.24) is 20.2 Å². The summed E-state index contributed by atoms with van der Waals surface area (Å²) in [7, 11) is 3.07. The number of nitrogens with one attached hydrogen (secondary N) is 1. The van der Waals surface area contributed by atoms with Crippen LogP contribution >= 0.6 is 7.14 Å². The maximum atomic E-state index is 14.9. The maximum absolute atomic E-state index is 14.9. The highest BCUT2D eigenvalue weighted by Gasteiger charge is 2.36. The lowest BCUT2D eigenvalue weighted by atomic mass is 9.72. The highest BCUT2D eigenvalue weighted by atomic mass is 31.2. The van der Waals surface area contributed by atoms with Gasteiger partial charge in [-0.3, -0.25) is 4.79 Å². The summed E-state index contributed by atoms with van der Waals surface area (Å²) >= 11 is 0. The van der Waals surface area contributed by atoms with Crippen LogP contribution in [0.2, 0.25) is 0 Å². The first-order chi connectivity index (χ1) is 16.7. The summed E-state index contributed by atoms with van der Waals surface area (Å²) in [5, 5.41) is 17.4. The predicted octanol–water partition coefficient (Wildman–Crippen LogP) is 1.86. The van der Waals surface area contributed by atoms with Gasteiger partial charge >= 0.3 is 0 Å². The standard InChI is InChI=1S/C23H19BF2N5O3P/c24-23(33,20-16-4-3-15(25)13-17(16)21(32)30-29-20)14-2-5-18(26)19(12-14)35(34)10-8-31(9-11-35)22-27-6-1-7-28-22/h1-7,12-13,33H,8-11H2,(H,30,32). The fraction of sp³-hybridized carbons (Fsp3) is 0.217. The summed E-state index contributed by atoms with van der Waals surface area (Å²) < 4.78 is 42.4. The fourth-order valence-electron chi connectivity index (χ4n) is 4.31. The molecular weight excluding hydrogens is 474 g/mol. The van der Waals surface area contributed by atoms with Gasteiger partial charge in [0.05, 0.1) is 16.6 Å². The third-order valence-corrected chi connectivity index (χ3v) is 9.30. The van der Waals surface area contributed by atoms with E-state index in [0.717, 1.165) is 18.2 Å². The number of rotatable bonds is 4. The highest BCUT2D eigenvalue weighted by molar-refractivity contribution is 7.71. The van der Waals surface area contributed by atoms with Gasteiger partial charge in [0.25, 0.3) is 5.56 Å². The van der Waals surface area contributed by atoms with E-state index >= 15 is 0 Å². The van der Waals surface area contributed by atoms with Gasteiger partial charge in [-0.15, -0.1) is 0 Å². The van der Waals surface area contributed by atoms with Gasteiger partial charge in [0.2, 0.25) is 5.95 Å². The summed E-state index contributed by atoms with van der Waals surface area (Å²) in [4.78, 5) is 22.4. The largest absolute Gasteiger partial charge is 0.389 e. The number of anilines is 1. The molecule has 1 aliphatic rings. The van der Waals surface area contributed by atoms with E-state index in [9.17, 15) is 23.2 Å². The van der Waals surface area contributed by atoms with Crippen LogP contribution in [-0.4, -0.2) is 58.5 Å². The van der Waals surface area contributed by atoms with Crippen LogP contribution in [0.15, 0.2) is 59.7 Å². The molecular formula is C23H19BF2N5O3P. The van der Waals surface area contributed by atoms with Crippen LogP contribution in [0.5, 0.6) is 0 Å². The van der Waals surface area contributed by atoms with Crippen LogP contribution in [0, 0.1) is 11.6 Å². The van der Waals surface area contributed by atoms with Crippen molar-refractivity contribution in [1.29, 1.82) is 0 Å². The minimum Gasteiger partial charge on any atom is -0.389 e. The van der Waals surface area contributed by atoms with E-state index in [1.165, 1.54) is 18.2 Å². The molecule has 2 aromatic heterocycles. The first-order valence-corrected chi connectivity index (χ1v) is 12.9. The van der Waals surface area contributed by atoms with Gasteiger partial charge in [-0.05, 0) is 42.0 Å². The van der Waals surface area contributed by atoms with Gasteiger partial charge in [-0.1, -0.05) is 6.07 Å². The summed E-state index contributed by atoms with van der Waals surface area (Å²) in [6.07, 6.45) is 3.61. The molecule has 0 saturated carbocycles. The van der Waals surface area contributed by atoms with Crippen molar-refractivity contribution in [3.05, 3.63) is 88.1 Å². The number of hydrogen-bond acceptors (Lipinski definition) is 7. The zero-order valence-electron chi connectivity index (χ0n) is 18.4. The third-order valence-electron chi connectivity index (χ3n) is 6.23. The molecule has 1 aliphatic heterocycles. The van der Waals surface area contributed by atoms with Gasteiger partial charge in [-0.2, -0.15) is 5.10 Å². The van der Waals surface area contributed by atoms with Gasteiger partial charge in [0.15, 0.2) is 0 Å². The number of aromatic amines is 1. The fourth-order valence-corrected chi connectivity index (χ4v) is 6.98. The molecule has 4 aromatic rings. The molecule has 1 fully saturated rings. The first-order valence-electron chi connectivity index (χ1n) is 10.8. The highest BCUT2D eigenvalue weighted by Crippen LogP contribution is 2.48. The summed E-state index contributed by atoms with van der Waals surface area (Å²) in [5.74, 6) is -0.800. The molecule has 2 radical (unpaired) electrons. The minimum atomic E-state index is -3.18. The summed E-state index contributed by atoms with van der Waals surface area (Å²) in [5.41, 5.74) is -3.07.